The van der Waals surface area contributed by atoms with E-state index in [4.69, 9.17) is 15.5 Å². The molecule has 10 heteroatoms. The molecule has 3 aromatic rings. The molecule has 2 heterocycles. The molecule has 38 heavy (non-hydrogen) atoms. The Morgan fingerprint density at radius 3 is 2.53 bits per heavy atom. The van der Waals surface area contributed by atoms with Crippen molar-refractivity contribution in [3.05, 3.63) is 52.3 Å². The van der Waals surface area contributed by atoms with Gasteiger partial charge in [-0.25, -0.2) is 9.97 Å². The molecule has 5 rings (SSSR count). The van der Waals surface area contributed by atoms with Gasteiger partial charge in [0.1, 0.15) is 11.6 Å². The smallest absolute Gasteiger partial charge is 0.399 e. The highest BCUT2D eigenvalue weighted by Crippen LogP contribution is 2.41. The fourth-order valence-electron chi connectivity index (χ4n) is 5.81. The van der Waals surface area contributed by atoms with Crippen LogP contribution in [-0.2, 0) is 23.8 Å². The first kappa shape index (κ1) is 26.5. The van der Waals surface area contributed by atoms with Crippen molar-refractivity contribution in [2.75, 3.05) is 42.8 Å². The van der Waals surface area contributed by atoms with Crippen molar-refractivity contribution < 1.29 is 23.0 Å². The summed E-state index contributed by atoms with van der Waals surface area (Å²) in [6.07, 6.45) is -0.355. The number of nitrogen functional groups attached to an aromatic ring is 1. The van der Waals surface area contributed by atoms with Gasteiger partial charge in [0.15, 0.2) is 0 Å². The molecule has 2 aliphatic rings. The Kier molecular flexibility index (Phi) is 6.89. The molecule has 204 valence electrons. The van der Waals surface area contributed by atoms with E-state index in [1.165, 1.54) is 11.1 Å². The summed E-state index contributed by atoms with van der Waals surface area (Å²) >= 11 is 0. The number of nitrogens with one attached hydrogen (secondary N) is 1. The first-order valence-corrected chi connectivity index (χ1v) is 13.0. The average Bonchev–Trinajstić information content (AvgIpc) is 3.34. The third-order valence-corrected chi connectivity index (χ3v) is 7.76. The molecule has 1 aliphatic heterocycles. The standard InChI is InChI=1S/C28H34F3N5O2/c1-16(18-11-19(28(29,30)31)13-20(32)12-18)33-26-23-14-24(36-9-7-27(37,8-10-36)15-38-3)21-5-4-6-22(21)25(23)34-17(2)35-26/h11-14,16,37H,4-10,15,32H2,1-3H3,(H,33,34,35)/t16-/m1/s1. The largest absolute Gasteiger partial charge is 0.416 e. The maximum atomic E-state index is 13.4. The van der Waals surface area contributed by atoms with Gasteiger partial charge in [-0.05, 0) is 86.9 Å². The second kappa shape index (κ2) is 9.89. The highest BCUT2D eigenvalue weighted by molar-refractivity contribution is 5.96. The van der Waals surface area contributed by atoms with Crippen LogP contribution in [0, 0.1) is 6.92 Å². The summed E-state index contributed by atoms with van der Waals surface area (Å²) in [6.45, 7) is 5.35. The Balaban J connectivity index is 1.53. The zero-order chi connectivity index (χ0) is 27.2. The summed E-state index contributed by atoms with van der Waals surface area (Å²) in [7, 11) is 1.60. The predicted molar refractivity (Wildman–Crippen MR) is 142 cm³/mol. The van der Waals surface area contributed by atoms with Gasteiger partial charge in [0.2, 0.25) is 0 Å². The Bertz CT molecular complexity index is 1350. The summed E-state index contributed by atoms with van der Waals surface area (Å²) in [5.74, 6) is 1.18. The maximum Gasteiger partial charge on any atom is 0.416 e. The lowest BCUT2D eigenvalue weighted by Crippen LogP contribution is -2.47. The van der Waals surface area contributed by atoms with Crippen molar-refractivity contribution in [1.29, 1.82) is 0 Å². The number of alkyl halides is 3. The summed E-state index contributed by atoms with van der Waals surface area (Å²) in [5, 5.41) is 15.0. The normalized spacial score (nSPS) is 18.0. The molecule has 7 nitrogen and oxygen atoms in total. The van der Waals surface area contributed by atoms with Crippen LogP contribution >= 0.6 is 0 Å². The van der Waals surface area contributed by atoms with Gasteiger partial charge in [-0.2, -0.15) is 13.2 Å². The molecule has 1 aromatic heterocycles. The molecule has 1 saturated heterocycles. The highest BCUT2D eigenvalue weighted by atomic mass is 19.4. The van der Waals surface area contributed by atoms with Crippen molar-refractivity contribution in [2.45, 2.75) is 63.8 Å². The number of halogens is 3. The zero-order valence-corrected chi connectivity index (χ0v) is 22.0. The Morgan fingerprint density at radius 1 is 1.13 bits per heavy atom. The van der Waals surface area contributed by atoms with Crippen LogP contribution in [0.3, 0.4) is 0 Å². The van der Waals surface area contributed by atoms with Crippen molar-refractivity contribution in [3.8, 4) is 0 Å². The number of anilines is 3. The van der Waals surface area contributed by atoms with Gasteiger partial charge < -0.3 is 25.8 Å². The summed E-state index contributed by atoms with van der Waals surface area (Å²) < 4.78 is 45.5. The number of piperidine rings is 1. The molecule has 0 saturated carbocycles. The molecule has 1 aliphatic carbocycles. The van der Waals surface area contributed by atoms with Crippen molar-refractivity contribution >= 4 is 28.1 Å². The Labute approximate surface area is 220 Å². The minimum Gasteiger partial charge on any atom is -0.399 e. The number of ether oxygens (including phenoxy) is 1. The van der Waals surface area contributed by atoms with E-state index in [1.54, 1.807) is 20.1 Å². The van der Waals surface area contributed by atoms with E-state index in [0.717, 1.165) is 48.0 Å². The van der Waals surface area contributed by atoms with Crippen LogP contribution in [0.25, 0.3) is 10.9 Å². The van der Waals surface area contributed by atoms with E-state index in [0.29, 0.717) is 49.7 Å². The number of hydrogen-bond acceptors (Lipinski definition) is 7. The van der Waals surface area contributed by atoms with Crippen LogP contribution in [0.15, 0.2) is 24.3 Å². The zero-order valence-electron chi connectivity index (χ0n) is 22.0. The number of hydrogen-bond donors (Lipinski definition) is 3. The van der Waals surface area contributed by atoms with E-state index in [9.17, 15) is 18.3 Å². The van der Waals surface area contributed by atoms with Crippen LogP contribution in [0.4, 0.5) is 30.4 Å². The minimum atomic E-state index is -4.48. The fourth-order valence-corrected chi connectivity index (χ4v) is 5.81. The SMILES string of the molecule is COCC1(O)CCN(c2cc3c(N[C@H](C)c4cc(N)cc(C(F)(F)F)c4)nc(C)nc3c3c2CCC3)CC1. The number of benzene rings is 2. The maximum absolute atomic E-state index is 13.4. The average molecular weight is 530 g/mol. The number of aryl methyl sites for hydroxylation is 2. The van der Waals surface area contributed by atoms with Crippen LogP contribution in [0.2, 0.25) is 0 Å². The van der Waals surface area contributed by atoms with Crippen LogP contribution in [-0.4, -0.2) is 47.5 Å². The molecule has 1 atom stereocenters. The fraction of sp³-hybridized carbons (Fsp3) is 0.500. The molecular formula is C28H34F3N5O2. The summed E-state index contributed by atoms with van der Waals surface area (Å²) in [4.78, 5) is 11.8. The molecule has 0 spiro atoms. The van der Waals surface area contributed by atoms with Gasteiger partial charge in [0, 0.05) is 37.0 Å². The van der Waals surface area contributed by atoms with Gasteiger partial charge in [0.05, 0.1) is 29.3 Å². The number of nitrogens with two attached hydrogens (primary N) is 1. The van der Waals surface area contributed by atoms with Gasteiger partial charge in [0.25, 0.3) is 0 Å². The van der Waals surface area contributed by atoms with Crippen molar-refractivity contribution in [3.63, 3.8) is 0 Å². The lowest BCUT2D eigenvalue weighted by atomic mass is 9.91. The monoisotopic (exact) mass is 529 g/mol. The molecule has 0 amide bonds. The minimum absolute atomic E-state index is 0.0610. The van der Waals surface area contributed by atoms with Crippen molar-refractivity contribution in [1.82, 2.24) is 9.97 Å². The van der Waals surface area contributed by atoms with E-state index in [-0.39, 0.29) is 5.69 Å². The molecular weight excluding hydrogens is 495 g/mol. The van der Waals surface area contributed by atoms with E-state index in [1.807, 2.05) is 6.92 Å². The predicted octanol–water partition coefficient (Wildman–Crippen LogP) is 5.18. The number of fused-ring (bicyclic) bond motifs is 3. The summed E-state index contributed by atoms with van der Waals surface area (Å²) in [5.41, 5.74) is 9.22. The Morgan fingerprint density at radius 2 is 1.84 bits per heavy atom. The second-order valence-electron chi connectivity index (χ2n) is 10.6. The first-order valence-electron chi connectivity index (χ1n) is 13.0. The number of aromatic nitrogens is 2. The van der Waals surface area contributed by atoms with Gasteiger partial charge >= 0.3 is 6.18 Å². The number of nitrogens with zero attached hydrogens (tertiary/aromatic N) is 3. The van der Waals surface area contributed by atoms with Crippen LogP contribution in [0.5, 0.6) is 0 Å². The third-order valence-electron chi connectivity index (χ3n) is 7.76. The lowest BCUT2D eigenvalue weighted by molar-refractivity contribution is -0.137. The van der Waals surface area contributed by atoms with E-state index >= 15 is 0 Å². The van der Waals surface area contributed by atoms with Crippen LogP contribution in [0.1, 0.15) is 60.3 Å². The molecule has 1 fully saturated rings. The molecule has 4 N–H and O–H groups in total. The van der Waals surface area contributed by atoms with E-state index in [2.05, 4.69) is 21.3 Å². The van der Waals surface area contributed by atoms with Gasteiger partial charge in [-0.1, -0.05) is 0 Å². The Hall–Kier alpha value is -3.11. The van der Waals surface area contributed by atoms with Crippen LogP contribution < -0.4 is 16.0 Å². The molecule has 2 aromatic carbocycles. The number of methoxy groups -OCH3 is 1. The quantitative estimate of drug-likeness (QED) is 0.379. The highest BCUT2D eigenvalue weighted by Gasteiger charge is 2.34. The molecule has 0 unspecified atom stereocenters. The lowest BCUT2D eigenvalue weighted by Gasteiger charge is -2.39. The molecule has 0 bridgehead atoms. The third kappa shape index (κ3) is 5.11. The topological polar surface area (TPSA) is 96.5 Å². The van der Waals surface area contributed by atoms with Gasteiger partial charge in [-0.3, -0.25) is 0 Å². The second-order valence-corrected chi connectivity index (χ2v) is 10.6. The number of aliphatic hydroxyl groups is 1. The molecule has 0 radical (unpaired) electrons. The summed E-state index contributed by atoms with van der Waals surface area (Å²) in [6, 6.07) is 5.26. The number of rotatable bonds is 6. The van der Waals surface area contributed by atoms with E-state index < -0.39 is 23.4 Å². The first-order chi connectivity index (χ1) is 18.0. The van der Waals surface area contributed by atoms with Crippen molar-refractivity contribution in [2.24, 2.45) is 0 Å². The van der Waals surface area contributed by atoms with Gasteiger partial charge in [-0.15, -0.1) is 0 Å².